The Hall–Kier alpha value is -4.06. The van der Waals surface area contributed by atoms with Gasteiger partial charge < -0.3 is 20.3 Å². The van der Waals surface area contributed by atoms with Gasteiger partial charge in [-0.25, -0.2) is 18.6 Å². The predicted molar refractivity (Wildman–Crippen MR) is 145 cm³/mol. The van der Waals surface area contributed by atoms with Crippen molar-refractivity contribution in [3.63, 3.8) is 0 Å². The number of benzene rings is 1. The van der Waals surface area contributed by atoms with Gasteiger partial charge in [0.05, 0.1) is 23.6 Å². The first-order valence-electron chi connectivity index (χ1n) is 13.3. The highest BCUT2D eigenvalue weighted by atomic mass is 19.1. The molecule has 12 heteroatoms. The van der Waals surface area contributed by atoms with Gasteiger partial charge in [-0.05, 0) is 51.0 Å². The Morgan fingerprint density at radius 1 is 1.08 bits per heavy atom. The SMILES string of the molecule is CC(=O)N1[C@H](C)CN(c2cc(F)cc(-c3cc(-c4cnnn4C4CCOCC4)c4c(N)ncnn34)c2)C[C@@H]1C. The zero-order chi connectivity index (χ0) is 27.3. The number of halogens is 1. The van der Waals surface area contributed by atoms with Crippen LogP contribution in [0.25, 0.3) is 28.0 Å². The summed E-state index contributed by atoms with van der Waals surface area (Å²) in [5, 5.41) is 13.1. The van der Waals surface area contributed by atoms with Gasteiger partial charge >= 0.3 is 0 Å². The van der Waals surface area contributed by atoms with Crippen molar-refractivity contribution < 1.29 is 13.9 Å². The van der Waals surface area contributed by atoms with Gasteiger partial charge in [-0.2, -0.15) is 5.10 Å². The standard InChI is InChI=1S/C27H32FN9O2/c1-16-13-34(14-17(2)35(16)18(3)38)22-9-19(8-20(28)10-22)24-11-23(26-27(29)30-15-32-37(24)26)25-12-31-33-36(25)21-4-6-39-7-5-21/h8-12,15-17,21H,4-7,13-14H2,1-3H3,(H2,29,30,32)/t16-,17+. The highest BCUT2D eigenvalue weighted by Gasteiger charge is 2.32. The topological polar surface area (TPSA) is 120 Å². The molecule has 5 heterocycles. The van der Waals surface area contributed by atoms with Crippen LogP contribution >= 0.6 is 0 Å². The van der Waals surface area contributed by atoms with Crippen LogP contribution in [-0.2, 0) is 9.53 Å². The average molecular weight is 534 g/mol. The molecule has 2 aliphatic rings. The molecule has 4 aromatic rings. The minimum Gasteiger partial charge on any atom is -0.382 e. The summed E-state index contributed by atoms with van der Waals surface area (Å²) in [6.45, 7) is 8.19. The average Bonchev–Trinajstić information content (AvgIpc) is 3.54. The molecule has 1 aromatic carbocycles. The van der Waals surface area contributed by atoms with E-state index in [9.17, 15) is 4.79 Å². The van der Waals surface area contributed by atoms with Crippen molar-refractivity contribution in [2.45, 2.75) is 51.7 Å². The molecule has 0 aliphatic carbocycles. The van der Waals surface area contributed by atoms with Gasteiger partial charge in [0, 0.05) is 62.1 Å². The summed E-state index contributed by atoms with van der Waals surface area (Å²) < 4.78 is 24.3. The Labute approximate surface area is 225 Å². The van der Waals surface area contributed by atoms with Crippen LogP contribution in [0.1, 0.15) is 39.7 Å². The Morgan fingerprint density at radius 3 is 2.54 bits per heavy atom. The summed E-state index contributed by atoms with van der Waals surface area (Å²) in [5.41, 5.74) is 10.7. The predicted octanol–water partition coefficient (Wildman–Crippen LogP) is 3.17. The van der Waals surface area contributed by atoms with E-state index in [1.165, 1.54) is 18.5 Å². The summed E-state index contributed by atoms with van der Waals surface area (Å²) in [6, 6.07) is 7.11. The van der Waals surface area contributed by atoms with Crippen molar-refractivity contribution in [1.82, 2.24) is 34.5 Å². The summed E-state index contributed by atoms with van der Waals surface area (Å²) >= 11 is 0. The smallest absolute Gasteiger partial charge is 0.220 e. The second-order valence-electron chi connectivity index (χ2n) is 10.5. The number of aromatic nitrogens is 6. The third-order valence-corrected chi connectivity index (χ3v) is 7.80. The number of ether oxygens (including phenoxy) is 1. The lowest BCUT2D eigenvalue weighted by atomic mass is 10.0. The zero-order valence-corrected chi connectivity index (χ0v) is 22.3. The molecule has 6 rings (SSSR count). The Kier molecular flexibility index (Phi) is 6.42. The van der Waals surface area contributed by atoms with Gasteiger partial charge in [0.25, 0.3) is 0 Å². The zero-order valence-electron chi connectivity index (χ0n) is 22.3. The van der Waals surface area contributed by atoms with Crippen LogP contribution < -0.4 is 10.6 Å². The van der Waals surface area contributed by atoms with Crippen molar-refractivity contribution in [2.24, 2.45) is 0 Å². The van der Waals surface area contributed by atoms with Gasteiger partial charge in [0.15, 0.2) is 5.82 Å². The number of nitrogen functional groups attached to an aromatic ring is 1. The van der Waals surface area contributed by atoms with Crippen molar-refractivity contribution in [3.05, 3.63) is 42.6 Å². The van der Waals surface area contributed by atoms with E-state index in [0.717, 1.165) is 29.8 Å². The van der Waals surface area contributed by atoms with E-state index in [0.29, 0.717) is 48.9 Å². The Bertz CT molecular complexity index is 1510. The minimum absolute atomic E-state index is 0.00390. The first kappa shape index (κ1) is 25.2. The number of carbonyl (C=O) groups excluding carboxylic acids is 1. The molecule has 2 N–H and O–H groups in total. The van der Waals surface area contributed by atoms with E-state index in [1.54, 1.807) is 17.6 Å². The molecule has 204 valence electrons. The lowest BCUT2D eigenvalue weighted by molar-refractivity contribution is -0.133. The summed E-state index contributed by atoms with van der Waals surface area (Å²) in [4.78, 5) is 20.4. The van der Waals surface area contributed by atoms with E-state index in [-0.39, 0.29) is 29.8 Å². The summed E-state index contributed by atoms with van der Waals surface area (Å²) in [6.07, 6.45) is 4.79. The molecule has 3 aromatic heterocycles. The maximum Gasteiger partial charge on any atom is 0.220 e. The van der Waals surface area contributed by atoms with Gasteiger partial charge in [-0.15, -0.1) is 5.10 Å². The molecule has 0 bridgehead atoms. The van der Waals surface area contributed by atoms with Crippen LogP contribution in [0, 0.1) is 5.82 Å². The summed E-state index contributed by atoms with van der Waals surface area (Å²) in [5.74, 6) is 0.00313. The second kappa shape index (κ2) is 9.92. The van der Waals surface area contributed by atoms with Crippen LogP contribution in [0.4, 0.5) is 15.9 Å². The monoisotopic (exact) mass is 533 g/mol. The van der Waals surface area contributed by atoms with Gasteiger partial charge in [-0.3, -0.25) is 4.79 Å². The number of rotatable bonds is 4. The molecule has 2 fully saturated rings. The molecule has 0 unspecified atom stereocenters. The number of amides is 1. The molecule has 0 saturated carbocycles. The van der Waals surface area contributed by atoms with Crippen molar-refractivity contribution in [3.8, 4) is 22.5 Å². The van der Waals surface area contributed by atoms with Crippen molar-refractivity contribution in [1.29, 1.82) is 0 Å². The molecule has 39 heavy (non-hydrogen) atoms. The number of nitrogens with two attached hydrogens (primary N) is 1. The number of anilines is 2. The quantitative estimate of drug-likeness (QED) is 0.425. The number of nitrogens with zero attached hydrogens (tertiary/aromatic N) is 8. The number of piperazine rings is 1. The third-order valence-electron chi connectivity index (χ3n) is 7.80. The van der Waals surface area contributed by atoms with Gasteiger partial charge in [0.2, 0.25) is 5.91 Å². The maximum absolute atomic E-state index is 15.1. The second-order valence-corrected chi connectivity index (χ2v) is 10.5. The van der Waals surface area contributed by atoms with E-state index in [1.807, 2.05) is 35.6 Å². The van der Waals surface area contributed by atoms with Crippen LogP contribution in [0.3, 0.4) is 0 Å². The van der Waals surface area contributed by atoms with Crippen LogP contribution in [-0.4, -0.2) is 78.8 Å². The Balaban J connectivity index is 1.44. The fraction of sp³-hybridized carbons (Fsp3) is 0.444. The van der Waals surface area contributed by atoms with Gasteiger partial charge in [-0.1, -0.05) is 5.21 Å². The van der Waals surface area contributed by atoms with E-state index < -0.39 is 0 Å². The lowest BCUT2D eigenvalue weighted by Gasteiger charge is -2.45. The molecule has 2 aliphatic heterocycles. The molecular formula is C27H32FN9O2. The first-order valence-corrected chi connectivity index (χ1v) is 13.3. The minimum atomic E-state index is -0.357. The molecule has 0 spiro atoms. The fourth-order valence-corrected chi connectivity index (χ4v) is 6.16. The molecular weight excluding hydrogens is 501 g/mol. The van der Waals surface area contributed by atoms with E-state index >= 15 is 4.39 Å². The maximum atomic E-state index is 15.1. The van der Waals surface area contributed by atoms with Crippen LogP contribution in [0.2, 0.25) is 0 Å². The third kappa shape index (κ3) is 4.48. The fourth-order valence-electron chi connectivity index (χ4n) is 6.16. The molecule has 11 nitrogen and oxygen atoms in total. The summed E-state index contributed by atoms with van der Waals surface area (Å²) in [7, 11) is 0. The number of hydrogen-bond donors (Lipinski definition) is 1. The normalized spacial score (nSPS) is 20.6. The van der Waals surface area contributed by atoms with E-state index in [2.05, 4.69) is 25.3 Å². The highest BCUT2D eigenvalue weighted by Crippen LogP contribution is 2.37. The van der Waals surface area contributed by atoms with Crippen molar-refractivity contribution >= 4 is 22.9 Å². The highest BCUT2D eigenvalue weighted by molar-refractivity contribution is 5.91. The van der Waals surface area contributed by atoms with Crippen LogP contribution in [0.15, 0.2) is 36.8 Å². The molecule has 0 radical (unpaired) electrons. The number of fused-ring (bicyclic) bond motifs is 1. The first-order chi connectivity index (χ1) is 18.8. The molecule has 2 saturated heterocycles. The molecule has 1 amide bonds. The largest absolute Gasteiger partial charge is 0.382 e. The van der Waals surface area contributed by atoms with E-state index in [4.69, 9.17) is 10.5 Å². The van der Waals surface area contributed by atoms with Crippen molar-refractivity contribution in [2.75, 3.05) is 36.9 Å². The lowest BCUT2D eigenvalue weighted by Crippen LogP contribution is -2.58. The Morgan fingerprint density at radius 2 is 1.82 bits per heavy atom. The van der Waals surface area contributed by atoms with Crippen LogP contribution in [0.5, 0.6) is 0 Å². The van der Waals surface area contributed by atoms with Gasteiger partial charge in [0.1, 0.15) is 17.7 Å². The molecule has 2 atom stereocenters. The number of hydrogen-bond acceptors (Lipinski definition) is 8. The number of carbonyl (C=O) groups is 1.